The highest BCUT2D eigenvalue weighted by Crippen LogP contribution is 2.06. The zero-order chi connectivity index (χ0) is 8.97. The first-order valence-corrected chi connectivity index (χ1v) is 4.55. The van der Waals surface area contributed by atoms with Crippen molar-refractivity contribution in [2.24, 2.45) is 5.92 Å². The number of nitrogens with one attached hydrogen (secondary N) is 1. The summed E-state index contributed by atoms with van der Waals surface area (Å²) in [7, 11) is 0. The number of hydrogen-bond acceptors (Lipinski definition) is 3. The molecule has 1 atom stereocenters. The van der Waals surface area contributed by atoms with Crippen molar-refractivity contribution in [1.82, 2.24) is 5.32 Å². The molecule has 1 rings (SSSR count). The van der Waals surface area contributed by atoms with Crippen molar-refractivity contribution < 1.29 is 9.53 Å². The summed E-state index contributed by atoms with van der Waals surface area (Å²) in [5, 5.41) is 3.20. The minimum Gasteiger partial charge on any atom is -0.375 e. The Morgan fingerprint density at radius 1 is 1.67 bits per heavy atom. The molecule has 70 valence electrons. The molecule has 0 aromatic heterocycles. The van der Waals surface area contributed by atoms with E-state index in [0.29, 0.717) is 12.2 Å². The molecule has 1 saturated heterocycles. The van der Waals surface area contributed by atoms with Crippen molar-refractivity contribution >= 4 is 5.78 Å². The lowest BCUT2D eigenvalue weighted by atomic mass is 10.0. The molecule has 0 spiro atoms. The van der Waals surface area contributed by atoms with Crippen LogP contribution in [-0.4, -0.2) is 31.6 Å². The van der Waals surface area contributed by atoms with Gasteiger partial charge >= 0.3 is 0 Å². The van der Waals surface area contributed by atoms with Crippen LogP contribution in [-0.2, 0) is 9.53 Å². The van der Waals surface area contributed by atoms with E-state index in [1.54, 1.807) is 0 Å². The first kappa shape index (κ1) is 9.68. The normalized spacial score (nSPS) is 24.4. The summed E-state index contributed by atoms with van der Waals surface area (Å²) < 4.78 is 5.42. The van der Waals surface area contributed by atoms with Crippen molar-refractivity contribution in [2.75, 3.05) is 19.7 Å². The maximum atomic E-state index is 11.3. The molecule has 1 N–H and O–H groups in total. The van der Waals surface area contributed by atoms with Crippen LogP contribution in [0.4, 0.5) is 0 Å². The van der Waals surface area contributed by atoms with Gasteiger partial charge in [-0.15, -0.1) is 0 Å². The minimum absolute atomic E-state index is 0.105. The lowest BCUT2D eigenvalue weighted by molar-refractivity contribution is -0.125. The van der Waals surface area contributed by atoms with E-state index in [9.17, 15) is 4.79 Å². The van der Waals surface area contributed by atoms with Crippen LogP contribution in [0, 0.1) is 5.92 Å². The number of ether oxygens (including phenoxy) is 1. The Kier molecular flexibility index (Phi) is 3.69. The average Bonchev–Trinajstić information content (AvgIpc) is 2.06. The van der Waals surface area contributed by atoms with E-state index in [1.165, 1.54) is 0 Å². The van der Waals surface area contributed by atoms with Gasteiger partial charge in [-0.3, -0.25) is 4.79 Å². The number of hydrogen-bond donors (Lipinski definition) is 1. The largest absolute Gasteiger partial charge is 0.375 e. The lowest BCUT2D eigenvalue weighted by Gasteiger charge is -2.23. The first-order chi connectivity index (χ1) is 5.70. The van der Waals surface area contributed by atoms with Gasteiger partial charge in [0.1, 0.15) is 5.78 Å². The fourth-order valence-electron chi connectivity index (χ4n) is 1.21. The molecule has 0 amide bonds. The van der Waals surface area contributed by atoms with Crippen molar-refractivity contribution in [3.8, 4) is 0 Å². The van der Waals surface area contributed by atoms with E-state index in [1.807, 2.05) is 13.8 Å². The third kappa shape index (κ3) is 2.91. The number of carbonyl (C=O) groups is 1. The van der Waals surface area contributed by atoms with Gasteiger partial charge in [0.15, 0.2) is 0 Å². The number of ketones is 1. The highest BCUT2D eigenvalue weighted by atomic mass is 16.5. The smallest absolute Gasteiger partial charge is 0.138 e. The van der Waals surface area contributed by atoms with Gasteiger partial charge in [-0.05, 0) is 0 Å². The molecule has 0 radical (unpaired) electrons. The maximum absolute atomic E-state index is 11.3. The monoisotopic (exact) mass is 171 g/mol. The summed E-state index contributed by atoms with van der Waals surface area (Å²) >= 11 is 0. The number of carbonyl (C=O) groups excluding carboxylic acids is 1. The molecule has 1 fully saturated rings. The molecule has 1 aliphatic rings. The van der Waals surface area contributed by atoms with E-state index in [-0.39, 0.29) is 12.0 Å². The van der Waals surface area contributed by atoms with Gasteiger partial charge in [-0.1, -0.05) is 13.8 Å². The molecule has 0 aromatic rings. The van der Waals surface area contributed by atoms with Crippen molar-refractivity contribution in [2.45, 2.75) is 26.4 Å². The third-order valence-corrected chi connectivity index (χ3v) is 2.08. The van der Waals surface area contributed by atoms with E-state index in [0.717, 1.165) is 19.7 Å². The van der Waals surface area contributed by atoms with Crippen molar-refractivity contribution in [1.29, 1.82) is 0 Å². The highest BCUT2D eigenvalue weighted by molar-refractivity contribution is 5.80. The summed E-state index contributed by atoms with van der Waals surface area (Å²) in [5.41, 5.74) is 0. The van der Waals surface area contributed by atoms with Crippen LogP contribution in [0.5, 0.6) is 0 Å². The standard InChI is InChI=1S/C9H17NO2/c1-7(2)9(11)5-8-6-10-3-4-12-8/h7-8,10H,3-6H2,1-2H3. The Balaban J connectivity index is 2.24. The quantitative estimate of drug-likeness (QED) is 0.675. The molecule has 3 heteroatoms. The summed E-state index contributed by atoms with van der Waals surface area (Å²) in [6, 6.07) is 0. The Bertz CT molecular complexity index is 151. The van der Waals surface area contributed by atoms with Gasteiger partial charge in [-0.25, -0.2) is 0 Å². The van der Waals surface area contributed by atoms with Gasteiger partial charge in [0.25, 0.3) is 0 Å². The van der Waals surface area contributed by atoms with Gasteiger partial charge in [0.2, 0.25) is 0 Å². The number of Topliss-reactive ketones (excluding diaryl/α,β-unsaturated/α-hetero) is 1. The van der Waals surface area contributed by atoms with Crippen LogP contribution in [0.2, 0.25) is 0 Å². The Labute approximate surface area is 73.5 Å². The van der Waals surface area contributed by atoms with E-state index < -0.39 is 0 Å². The lowest BCUT2D eigenvalue weighted by Crippen LogP contribution is -2.40. The molecule has 3 nitrogen and oxygen atoms in total. The minimum atomic E-state index is 0.105. The Morgan fingerprint density at radius 3 is 2.92 bits per heavy atom. The van der Waals surface area contributed by atoms with Crippen LogP contribution < -0.4 is 5.32 Å². The second-order valence-electron chi connectivity index (χ2n) is 3.52. The van der Waals surface area contributed by atoms with Gasteiger partial charge in [0.05, 0.1) is 12.7 Å². The predicted molar refractivity (Wildman–Crippen MR) is 47.1 cm³/mol. The number of rotatable bonds is 3. The predicted octanol–water partition coefficient (Wildman–Crippen LogP) is 0.590. The van der Waals surface area contributed by atoms with Gasteiger partial charge in [-0.2, -0.15) is 0 Å². The topological polar surface area (TPSA) is 38.3 Å². The summed E-state index contributed by atoms with van der Waals surface area (Å²) in [6.45, 7) is 6.32. The zero-order valence-electron chi connectivity index (χ0n) is 7.80. The fraction of sp³-hybridized carbons (Fsp3) is 0.889. The number of morpholine rings is 1. The molecule has 12 heavy (non-hydrogen) atoms. The van der Waals surface area contributed by atoms with Crippen LogP contribution in [0.25, 0.3) is 0 Å². The average molecular weight is 171 g/mol. The van der Waals surface area contributed by atoms with Crippen molar-refractivity contribution in [3.63, 3.8) is 0 Å². The van der Waals surface area contributed by atoms with E-state index >= 15 is 0 Å². The second kappa shape index (κ2) is 4.58. The van der Waals surface area contributed by atoms with Crippen LogP contribution in [0.1, 0.15) is 20.3 Å². The van der Waals surface area contributed by atoms with E-state index in [2.05, 4.69) is 5.32 Å². The molecule has 1 aliphatic heterocycles. The Hall–Kier alpha value is -0.410. The van der Waals surface area contributed by atoms with Crippen LogP contribution in [0.3, 0.4) is 0 Å². The molecule has 1 heterocycles. The van der Waals surface area contributed by atoms with Crippen LogP contribution in [0.15, 0.2) is 0 Å². The molecule has 0 aromatic carbocycles. The van der Waals surface area contributed by atoms with E-state index in [4.69, 9.17) is 4.74 Å². The van der Waals surface area contributed by atoms with Gasteiger partial charge < -0.3 is 10.1 Å². The Morgan fingerprint density at radius 2 is 2.42 bits per heavy atom. The zero-order valence-corrected chi connectivity index (χ0v) is 7.80. The third-order valence-electron chi connectivity index (χ3n) is 2.08. The first-order valence-electron chi connectivity index (χ1n) is 4.55. The fourth-order valence-corrected chi connectivity index (χ4v) is 1.21. The SMILES string of the molecule is CC(C)C(=O)CC1CNCCO1. The molecule has 0 aliphatic carbocycles. The molecular weight excluding hydrogens is 154 g/mol. The second-order valence-corrected chi connectivity index (χ2v) is 3.52. The maximum Gasteiger partial charge on any atom is 0.138 e. The van der Waals surface area contributed by atoms with Crippen molar-refractivity contribution in [3.05, 3.63) is 0 Å². The van der Waals surface area contributed by atoms with Gasteiger partial charge in [0, 0.05) is 25.4 Å². The summed E-state index contributed by atoms with van der Waals surface area (Å²) in [6.07, 6.45) is 0.665. The summed E-state index contributed by atoms with van der Waals surface area (Å²) in [5.74, 6) is 0.430. The molecule has 1 unspecified atom stereocenters. The van der Waals surface area contributed by atoms with Crippen LogP contribution >= 0.6 is 0 Å². The molecule has 0 saturated carbocycles. The molecular formula is C9H17NO2. The molecule has 0 bridgehead atoms. The summed E-state index contributed by atoms with van der Waals surface area (Å²) in [4.78, 5) is 11.3. The highest BCUT2D eigenvalue weighted by Gasteiger charge is 2.18.